The summed E-state index contributed by atoms with van der Waals surface area (Å²) in [5.74, 6) is 2.96. The molecule has 0 spiro atoms. The summed E-state index contributed by atoms with van der Waals surface area (Å²) in [6, 6.07) is 13.3. The highest BCUT2D eigenvalue weighted by atomic mass is 16.5. The molecule has 1 aromatic heterocycles. The summed E-state index contributed by atoms with van der Waals surface area (Å²) in [5.41, 5.74) is 1.81. The van der Waals surface area contributed by atoms with Gasteiger partial charge in [-0.2, -0.15) is 4.98 Å². The number of nitrogens with zero attached hydrogens (tertiary/aromatic N) is 3. The Morgan fingerprint density at radius 2 is 1.91 bits per heavy atom. The lowest BCUT2D eigenvalue weighted by Crippen LogP contribution is -2.24. The Hall–Kier alpha value is -3.55. The van der Waals surface area contributed by atoms with Crippen LogP contribution in [0.2, 0.25) is 0 Å². The molecule has 32 heavy (non-hydrogen) atoms. The minimum atomic E-state index is -0.129. The number of benzene rings is 2. The van der Waals surface area contributed by atoms with Gasteiger partial charge in [0, 0.05) is 25.1 Å². The summed E-state index contributed by atoms with van der Waals surface area (Å²) >= 11 is 0. The molecule has 0 bridgehead atoms. The van der Waals surface area contributed by atoms with Crippen LogP contribution in [0, 0.1) is 0 Å². The molecule has 3 aromatic rings. The maximum Gasteiger partial charge on any atom is 0.232 e. The highest BCUT2D eigenvalue weighted by Gasteiger charge is 2.34. The number of amides is 1. The van der Waals surface area contributed by atoms with Crippen molar-refractivity contribution in [3.63, 3.8) is 0 Å². The zero-order valence-electron chi connectivity index (χ0n) is 18.5. The van der Waals surface area contributed by atoms with Crippen LogP contribution >= 0.6 is 0 Å². The normalized spacial score (nSPS) is 15.8. The van der Waals surface area contributed by atoms with E-state index >= 15 is 0 Å². The predicted octanol–water partition coefficient (Wildman–Crippen LogP) is 4.06. The first-order chi connectivity index (χ1) is 15.6. The Bertz CT molecular complexity index is 1060. The maximum atomic E-state index is 12.6. The van der Waals surface area contributed by atoms with E-state index in [0.717, 1.165) is 23.3 Å². The first-order valence-corrected chi connectivity index (χ1v) is 10.7. The molecule has 2 heterocycles. The fraction of sp³-hybridized carbons (Fsp3) is 0.375. The summed E-state index contributed by atoms with van der Waals surface area (Å²) in [7, 11) is 3.23. The zero-order chi connectivity index (χ0) is 22.5. The van der Waals surface area contributed by atoms with Gasteiger partial charge < -0.3 is 23.6 Å². The molecule has 1 saturated heterocycles. The second kappa shape index (κ2) is 9.72. The topological polar surface area (TPSA) is 86.9 Å². The van der Waals surface area contributed by atoms with Crippen molar-refractivity contribution >= 4 is 5.91 Å². The number of rotatable bonds is 9. The number of likely N-dealkylation sites (tertiary alicyclic amines) is 1. The largest absolute Gasteiger partial charge is 0.497 e. The lowest BCUT2D eigenvalue weighted by molar-refractivity contribution is -0.128. The molecular weight excluding hydrogens is 410 g/mol. The zero-order valence-corrected chi connectivity index (χ0v) is 18.5. The van der Waals surface area contributed by atoms with Crippen LogP contribution in [-0.4, -0.2) is 48.3 Å². The maximum absolute atomic E-state index is 12.6. The Morgan fingerprint density at radius 1 is 1.09 bits per heavy atom. The summed E-state index contributed by atoms with van der Waals surface area (Å²) in [6.07, 6.45) is 1.26. The molecule has 1 aliphatic heterocycles. The van der Waals surface area contributed by atoms with E-state index in [2.05, 4.69) is 10.1 Å². The van der Waals surface area contributed by atoms with E-state index in [1.807, 2.05) is 54.3 Å². The Morgan fingerprint density at radius 3 is 2.62 bits per heavy atom. The fourth-order valence-corrected chi connectivity index (χ4v) is 3.70. The molecule has 168 valence electrons. The summed E-state index contributed by atoms with van der Waals surface area (Å²) in [6.45, 7) is 3.74. The second-order valence-electron chi connectivity index (χ2n) is 7.69. The molecule has 1 aliphatic rings. The van der Waals surface area contributed by atoms with Crippen molar-refractivity contribution in [2.24, 2.45) is 0 Å². The average Bonchev–Trinajstić information content (AvgIpc) is 3.45. The molecule has 0 radical (unpaired) electrons. The molecule has 8 heteroatoms. The number of hydrogen-bond donors (Lipinski definition) is 0. The van der Waals surface area contributed by atoms with E-state index in [4.69, 9.17) is 18.7 Å². The van der Waals surface area contributed by atoms with Crippen LogP contribution in [0.3, 0.4) is 0 Å². The number of carbonyl (C=O) groups excluding carboxylic acids is 1. The molecule has 1 fully saturated rings. The van der Waals surface area contributed by atoms with Crippen molar-refractivity contribution in [3.05, 3.63) is 53.9 Å². The number of carbonyl (C=O) groups is 1. The molecule has 8 nitrogen and oxygen atoms in total. The number of methoxy groups -OCH3 is 2. The van der Waals surface area contributed by atoms with Gasteiger partial charge in [0.1, 0.15) is 5.75 Å². The predicted molar refractivity (Wildman–Crippen MR) is 118 cm³/mol. The summed E-state index contributed by atoms with van der Waals surface area (Å²) in [4.78, 5) is 18.9. The molecule has 1 amide bonds. The van der Waals surface area contributed by atoms with Crippen molar-refractivity contribution in [1.29, 1.82) is 0 Å². The molecule has 0 N–H and O–H groups in total. The van der Waals surface area contributed by atoms with E-state index in [1.165, 1.54) is 0 Å². The van der Waals surface area contributed by atoms with Crippen molar-refractivity contribution in [3.8, 4) is 28.6 Å². The molecule has 1 unspecified atom stereocenters. The van der Waals surface area contributed by atoms with E-state index in [1.54, 1.807) is 14.2 Å². The number of aromatic nitrogens is 2. The van der Waals surface area contributed by atoms with Crippen LogP contribution in [0.5, 0.6) is 17.2 Å². The summed E-state index contributed by atoms with van der Waals surface area (Å²) in [5, 5.41) is 4.13. The lowest BCUT2D eigenvalue weighted by atomic mass is 10.1. The van der Waals surface area contributed by atoms with Crippen molar-refractivity contribution < 1.29 is 23.5 Å². The monoisotopic (exact) mass is 437 g/mol. The van der Waals surface area contributed by atoms with Gasteiger partial charge in [0.05, 0.1) is 26.7 Å². The van der Waals surface area contributed by atoms with E-state index < -0.39 is 0 Å². The van der Waals surface area contributed by atoms with Gasteiger partial charge in [0.25, 0.3) is 0 Å². The van der Waals surface area contributed by atoms with Crippen molar-refractivity contribution in [1.82, 2.24) is 15.0 Å². The molecular formula is C24H27N3O5. The van der Waals surface area contributed by atoms with Crippen LogP contribution in [0.4, 0.5) is 0 Å². The molecule has 4 rings (SSSR count). The molecule has 0 saturated carbocycles. The highest BCUT2D eigenvalue weighted by Crippen LogP contribution is 2.33. The summed E-state index contributed by atoms with van der Waals surface area (Å²) < 4.78 is 21.9. The van der Waals surface area contributed by atoms with Crippen LogP contribution in [-0.2, 0) is 11.3 Å². The van der Waals surface area contributed by atoms with Crippen molar-refractivity contribution in [2.75, 3.05) is 27.4 Å². The molecule has 1 atom stereocenters. The second-order valence-corrected chi connectivity index (χ2v) is 7.69. The quantitative estimate of drug-likeness (QED) is 0.499. The van der Waals surface area contributed by atoms with Gasteiger partial charge in [-0.25, -0.2) is 0 Å². The Balaban J connectivity index is 1.45. The third-order valence-electron chi connectivity index (χ3n) is 5.42. The van der Waals surface area contributed by atoms with Gasteiger partial charge in [0.15, 0.2) is 11.5 Å². The standard InChI is InChI=1S/C24H27N3O5/c1-4-11-31-20-10-7-17(12-21(20)30-3)23-25-24(32-26-23)18-13-22(28)27(15-18)14-16-5-8-19(29-2)9-6-16/h5-10,12,18H,4,11,13-15H2,1-3H3. The van der Waals surface area contributed by atoms with Crippen molar-refractivity contribution in [2.45, 2.75) is 32.2 Å². The Kier molecular flexibility index (Phi) is 6.58. The van der Waals surface area contributed by atoms with E-state index in [-0.39, 0.29) is 11.8 Å². The fourth-order valence-electron chi connectivity index (χ4n) is 3.70. The minimum absolute atomic E-state index is 0.0738. The van der Waals surface area contributed by atoms with Crippen LogP contribution in [0.1, 0.15) is 37.1 Å². The lowest BCUT2D eigenvalue weighted by Gasteiger charge is -2.16. The van der Waals surface area contributed by atoms with Gasteiger partial charge in [0.2, 0.25) is 17.6 Å². The molecule has 2 aromatic carbocycles. The molecule has 0 aliphatic carbocycles. The van der Waals surface area contributed by atoms with Gasteiger partial charge in [-0.05, 0) is 42.3 Å². The highest BCUT2D eigenvalue weighted by molar-refractivity contribution is 5.79. The average molecular weight is 437 g/mol. The van der Waals surface area contributed by atoms with Gasteiger partial charge in [-0.3, -0.25) is 4.79 Å². The first kappa shape index (κ1) is 21.7. The number of hydrogen-bond acceptors (Lipinski definition) is 7. The SMILES string of the molecule is CCCOc1ccc(-c2noc(C3CC(=O)N(Cc4ccc(OC)cc4)C3)n2)cc1OC. The van der Waals surface area contributed by atoms with Crippen LogP contribution in [0.25, 0.3) is 11.4 Å². The Labute approximate surface area is 187 Å². The smallest absolute Gasteiger partial charge is 0.232 e. The van der Waals surface area contributed by atoms with E-state index in [9.17, 15) is 4.79 Å². The third kappa shape index (κ3) is 4.69. The van der Waals surface area contributed by atoms with Crippen LogP contribution in [0.15, 0.2) is 47.0 Å². The first-order valence-electron chi connectivity index (χ1n) is 10.7. The van der Waals surface area contributed by atoms with Gasteiger partial charge in [-0.1, -0.05) is 24.2 Å². The third-order valence-corrected chi connectivity index (χ3v) is 5.42. The van der Waals surface area contributed by atoms with Gasteiger partial charge in [-0.15, -0.1) is 0 Å². The van der Waals surface area contributed by atoms with E-state index in [0.29, 0.717) is 49.3 Å². The number of ether oxygens (including phenoxy) is 3. The van der Waals surface area contributed by atoms with Crippen LogP contribution < -0.4 is 14.2 Å². The minimum Gasteiger partial charge on any atom is -0.497 e. The van der Waals surface area contributed by atoms with Gasteiger partial charge >= 0.3 is 0 Å².